The van der Waals surface area contributed by atoms with E-state index in [1.54, 1.807) is 18.5 Å². The van der Waals surface area contributed by atoms with Crippen LogP contribution in [0.2, 0.25) is 0 Å². The molecule has 3 unspecified atom stereocenters. The van der Waals surface area contributed by atoms with Crippen LogP contribution in [0.4, 0.5) is 0 Å². The highest BCUT2D eigenvalue weighted by Gasteiger charge is 2.49. The number of fused-ring (bicyclic) bond motifs is 1. The van der Waals surface area contributed by atoms with Crippen LogP contribution in [-0.2, 0) is 27.3 Å². The summed E-state index contributed by atoms with van der Waals surface area (Å²) in [7, 11) is 0. The average Bonchev–Trinajstić information content (AvgIpc) is 3.37. The number of aromatic nitrogens is 1. The van der Waals surface area contributed by atoms with Gasteiger partial charge < -0.3 is 25.4 Å². The number of rotatable bonds is 11. The van der Waals surface area contributed by atoms with Gasteiger partial charge in [-0.1, -0.05) is 66.7 Å². The van der Waals surface area contributed by atoms with E-state index >= 15 is 0 Å². The molecule has 0 radical (unpaired) electrons. The van der Waals surface area contributed by atoms with Gasteiger partial charge in [0.1, 0.15) is 11.8 Å². The zero-order chi connectivity index (χ0) is 32.0. The lowest BCUT2D eigenvalue weighted by Gasteiger charge is -2.33. The lowest BCUT2D eigenvalue weighted by molar-refractivity contribution is -0.148. The normalized spacial score (nSPS) is 17.0. The molecule has 3 N–H and O–H groups in total. The van der Waals surface area contributed by atoms with Gasteiger partial charge >= 0.3 is 0 Å². The third-order valence-electron chi connectivity index (χ3n) is 8.07. The topological polar surface area (TPSA) is 121 Å². The fourth-order valence-corrected chi connectivity index (χ4v) is 6.70. The van der Waals surface area contributed by atoms with Crippen LogP contribution in [0.1, 0.15) is 30.5 Å². The second kappa shape index (κ2) is 14.1. The standard InChI is InChI=1S/C35H38N4O5S/c1-23-10-7-8-13-25(23)20-37-33(42)32-35(2,3)45-22-39(32)34(43)31(41)28(18-24-11-5-4-6-12-24)38-30(40)21-44-29-15-9-14-26-19-36-17-16-27(26)29/h4-17,19,28,31-32,41H,18,20-22H2,1-3H3,(H,37,42)(H,38,40). The summed E-state index contributed by atoms with van der Waals surface area (Å²) < 4.78 is 5.25. The maximum atomic E-state index is 13.9. The minimum Gasteiger partial charge on any atom is -0.483 e. The predicted molar refractivity (Wildman–Crippen MR) is 176 cm³/mol. The van der Waals surface area contributed by atoms with Crippen molar-refractivity contribution in [2.45, 2.75) is 56.7 Å². The summed E-state index contributed by atoms with van der Waals surface area (Å²) in [5.74, 6) is -0.644. The van der Waals surface area contributed by atoms with Gasteiger partial charge in [-0.05, 0) is 56.0 Å². The van der Waals surface area contributed by atoms with Gasteiger partial charge in [0.15, 0.2) is 12.7 Å². The molecule has 2 heterocycles. The van der Waals surface area contributed by atoms with Gasteiger partial charge in [0.05, 0.1) is 11.9 Å². The fraction of sp³-hybridized carbons (Fsp3) is 0.314. The molecule has 0 spiro atoms. The number of nitrogens with zero attached hydrogens (tertiary/aromatic N) is 2. The van der Waals surface area contributed by atoms with Crippen LogP contribution in [-0.4, -0.2) is 68.1 Å². The van der Waals surface area contributed by atoms with Gasteiger partial charge in [0.2, 0.25) is 5.91 Å². The molecule has 0 bridgehead atoms. The first kappa shape index (κ1) is 32.0. The van der Waals surface area contributed by atoms with E-state index < -0.39 is 34.7 Å². The Labute approximate surface area is 267 Å². The lowest BCUT2D eigenvalue weighted by Crippen LogP contribution is -2.59. The van der Waals surface area contributed by atoms with E-state index in [-0.39, 0.29) is 24.8 Å². The number of benzene rings is 3. The molecule has 1 fully saturated rings. The zero-order valence-corrected chi connectivity index (χ0v) is 26.4. The van der Waals surface area contributed by atoms with E-state index in [1.807, 2.05) is 93.6 Å². The van der Waals surface area contributed by atoms with Gasteiger partial charge in [-0.15, -0.1) is 11.8 Å². The summed E-state index contributed by atoms with van der Waals surface area (Å²) in [6.45, 7) is 5.82. The zero-order valence-electron chi connectivity index (χ0n) is 25.6. The number of thioether (sulfide) groups is 1. The molecule has 3 aromatic carbocycles. The van der Waals surface area contributed by atoms with E-state index in [2.05, 4.69) is 15.6 Å². The first-order chi connectivity index (χ1) is 21.6. The number of aliphatic hydroxyl groups is 1. The number of amides is 3. The van der Waals surface area contributed by atoms with E-state index in [0.717, 1.165) is 27.5 Å². The molecule has 0 aliphatic carbocycles. The Hall–Kier alpha value is -4.41. The van der Waals surface area contributed by atoms with Crippen molar-refractivity contribution in [2.75, 3.05) is 12.5 Å². The molecule has 9 nitrogen and oxygen atoms in total. The second-order valence-electron chi connectivity index (χ2n) is 11.7. The number of carbonyl (C=O) groups excluding carboxylic acids is 3. The molecule has 1 aliphatic heterocycles. The van der Waals surface area contributed by atoms with Crippen molar-refractivity contribution in [1.82, 2.24) is 20.5 Å². The van der Waals surface area contributed by atoms with Gasteiger partial charge in [-0.3, -0.25) is 19.4 Å². The highest BCUT2D eigenvalue weighted by atomic mass is 32.2. The van der Waals surface area contributed by atoms with Crippen LogP contribution < -0.4 is 15.4 Å². The highest BCUT2D eigenvalue weighted by molar-refractivity contribution is 8.00. The van der Waals surface area contributed by atoms with Gasteiger partial charge in [0.25, 0.3) is 11.8 Å². The monoisotopic (exact) mass is 626 g/mol. The number of aliphatic hydroxyl groups excluding tert-OH is 1. The van der Waals surface area contributed by atoms with Crippen molar-refractivity contribution >= 4 is 40.3 Å². The molecule has 45 heavy (non-hydrogen) atoms. The van der Waals surface area contributed by atoms with Crippen molar-refractivity contribution in [2.24, 2.45) is 0 Å². The van der Waals surface area contributed by atoms with Crippen molar-refractivity contribution in [3.05, 3.63) is 108 Å². The molecule has 5 rings (SSSR count). The van der Waals surface area contributed by atoms with E-state index in [0.29, 0.717) is 12.3 Å². The van der Waals surface area contributed by atoms with Crippen LogP contribution in [0.25, 0.3) is 10.8 Å². The second-order valence-corrected chi connectivity index (χ2v) is 13.3. The highest BCUT2D eigenvalue weighted by Crippen LogP contribution is 2.40. The van der Waals surface area contributed by atoms with Crippen LogP contribution in [0, 0.1) is 6.92 Å². The first-order valence-electron chi connectivity index (χ1n) is 14.9. The maximum Gasteiger partial charge on any atom is 0.258 e. The average molecular weight is 627 g/mol. The van der Waals surface area contributed by atoms with Crippen molar-refractivity contribution in [3.8, 4) is 5.75 Å². The number of aryl methyl sites for hydroxylation is 1. The van der Waals surface area contributed by atoms with Gasteiger partial charge in [-0.2, -0.15) is 0 Å². The SMILES string of the molecule is Cc1ccccc1CNC(=O)C1N(C(=O)C(O)C(Cc2ccccc2)NC(=O)COc2cccc3cnccc23)CSC1(C)C. The molecule has 1 saturated heterocycles. The Morgan fingerprint density at radius 1 is 1.04 bits per heavy atom. The molecule has 1 aliphatic rings. The molecule has 234 valence electrons. The summed E-state index contributed by atoms with van der Waals surface area (Å²) in [4.78, 5) is 46.2. The third-order valence-corrected chi connectivity index (χ3v) is 9.44. The van der Waals surface area contributed by atoms with E-state index in [9.17, 15) is 19.5 Å². The smallest absolute Gasteiger partial charge is 0.258 e. The summed E-state index contributed by atoms with van der Waals surface area (Å²) in [6.07, 6.45) is 1.97. The predicted octanol–water partition coefficient (Wildman–Crippen LogP) is 4.01. The summed E-state index contributed by atoms with van der Waals surface area (Å²) in [5, 5.41) is 19.0. The Bertz CT molecular complexity index is 1660. The molecule has 10 heteroatoms. The fourth-order valence-electron chi connectivity index (χ4n) is 5.56. The summed E-state index contributed by atoms with van der Waals surface area (Å²) in [6, 6.07) is 22.6. The molecule has 4 aromatic rings. The third kappa shape index (κ3) is 7.64. The molecule has 1 aromatic heterocycles. The minimum atomic E-state index is -1.60. The molecule has 0 saturated carbocycles. The van der Waals surface area contributed by atoms with Crippen molar-refractivity contribution in [3.63, 3.8) is 0 Å². The van der Waals surface area contributed by atoms with Crippen LogP contribution in [0.3, 0.4) is 0 Å². The Morgan fingerprint density at radius 3 is 2.58 bits per heavy atom. The number of nitrogens with one attached hydrogen (secondary N) is 2. The largest absolute Gasteiger partial charge is 0.483 e. The minimum absolute atomic E-state index is 0.202. The Morgan fingerprint density at radius 2 is 1.80 bits per heavy atom. The summed E-state index contributed by atoms with van der Waals surface area (Å²) in [5.41, 5.74) is 2.88. The Balaban J connectivity index is 1.30. The van der Waals surface area contributed by atoms with E-state index in [1.165, 1.54) is 16.7 Å². The number of ether oxygens (including phenoxy) is 1. The van der Waals surface area contributed by atoms with Gasteiger partial charge in [0, 0.05) is 34.5 Å². The quantitative estimate of drug-likeness (QED) is 0.230. The van der Waals surface area contributed by atoms with Crippen molar-refractivity contribution < 1.29 is 24.2 Å². The first-order valence-corrected chi connectivity index (χ1v) is 15.9. The number of hydrogen-bond donors (Lipinski definition) is 3. The molecular weight excluding hydrogens is 588 g/mol. The number of carbonyl (C=O) groups is 3. The molecule has 3 amide bonds. The van der Waals surface area contributed by atoms with Crippen LogP contribution in [0.5, 0.6) is 5.75 Å². The van der Waals surface area contributed by atoms with Gasteiger partial charge in [-0.25, -0.2) is 0 Å². The molecule has 3 atom stereocenters. The summed E-state index contributed by atoms with van der Waals surface area (Å²) >= 11 is 1.47. The maximum absolute atomic E-state index is 13.9. The lowest BCUT2D eigenvalue weighted by atomic mass is 9.97. The van der Waals surface area contributed by atoms with E-state index in [4.69, 9.17) is 4.74 Å². The van der Waals surface area contributed by atoms with Crippen LogP contribution >= 0.6 is 11.8 Å². The number of pyridine rings is 1. The number of hydrogen-bond acceptors (Lipinski definition) is 7. The van der Waals surface area contributed by atoms with Crippen LogP contribution in [0.15, 0.2) is 91.3 Å². The molecular formula is C35H38N4O5S. The Kier molecular flexibility index (Phi) is 10.0. The van der Waals surface area contributed by atoms with Crippen molar-refractivity contribution in [1.29, 1.82) is 0 Å².